The lowest BCUT2D eigenvalue weighted by Gasteiger charge is -2.22. The van der Waals surface area contributed by atoms with Crippen molar-refractivity contribution >= 4 is 17.4 Å². The van der Waals surface area contributed by atoms with Crippen LogP contribution in [0.5, 0.6) is 5.75 Å². The van der Waals surface area contributed by atoms with Gasteiger partial charge in [-0.2, -0.15) is 0 Å². The molecule has 0 bridgehead atoms. The van der Waals surface area contributed by atoms with Gasteiger partial charge in [-0.1, -0.05) is 37.6 Å². The summed E-state index contributed by atoms with van der Waals surface area (Å²) in [6.45, 7) is 4.58. The number of fused-ring (bicyclic) bond motifs is 1. The van der Waals surface area contributed by atoms with E-state index in [0.29, 0.717) is 17.9 Å². The van der Waals surface area contributed by atoms with E-state index in [0.717, 1.165) is 29.8 Å². The number of hydrogen-bond acceptors (Lipinski definition) is 5. The number of rotatable bonds is 7. The number of carbonyl (C=O) groups excluding carboxylic acids is 1. The van der Waals surface area contributed by atoms with Crippen molar-refractivity contribution in [2.45, 2.75) is 45.5 Å². The quantitative estimate of drug-likeness (QED) is 0.657. The molecule has 27 heavy (non-hydrogen) atoms. The molecule has 0 saturated carbocycles. The molecule has 3 rings (SSSR count). The second-order valence-corrected chi connectivity index (χ2v) is 6.66. The van der Waals surface area contributed by atoms with Gasteiger partial charge < -0.3 is 15.8 Å². The summed E-state index contributed by atoms with van der Waals surface area (Å²) in [5.74, 6) is 1.14. The normalized spacial score (nSPS) is 16.7. The van der Waals surface area contributed by atoms with Crippen LogP contribution in [0.2, 0.25) is 0 Å². The lowest BCUT2D eigenvalue weighted by molar-refractivity contribution is 0.0926. The van der Waals surface area contributed by atoms with Crippen LogP contribution in [-0.4, -0.2) is 24.0 Å². The smallest absolute Gasteiger partial charge is 0.252 e. The van der Waals surface area contributed by atoms with Gasteiger partial charge in [-0.05, 0) is 43.2 Å². The van der Waals surface area contributed by atoms with Gasteiger partial charge in [0, 0.05) is 12.1 Å². The standard InChI is InChI=1S/C21H26N4O2/c1-3-7-19(25-21(26)16-8-5-4-6-9-16)23-13-15-10-11-18-17(12-15)24-20(22)14(2)27-18/h4-6,8-12,14,19,23H,3,7,13H2,1-2H3,(H2,22,24)(H,25,26). The van der Waals surface area contributed by atoms with E-state index in [9.17, 15) is 4.79 Å². The molecule has 2 atom stereocenters. The van der Waals surface area contributed by atoms with Gasteiger partial charge in [0.25, 0.3) is 5.91 Å². The number of amidine groups is 1. The van der Waals surface area contributed by atoms with E-state index in [1.165, 1.54) is 0 Å². The molecule has 2 aromatic carbocycles. The lowest BCUT2D eigenvalue weighted by atomic mass is 10.1. The second-order valence-electron chi connectivity index (χ2n) is 6.66. The first-order chi connectivity index (χ1) is 13.1. The minimum Gasteiger partial charge on any atom is -0.481 e. The van der Waals surface area contributed by atoms with Crippen LogP contribution in [0.15, 0.2) is 53.5 Å². The minimum atomic E-state index is -0.205. The highest BCUT2D eigenvalue weighted by atomic mass is 16.5. The first-order valence-corrected chi connectivity index (χ1v) is 9.29. The number of carbonyl (C=O) groups is 1. The number of nitrogens with zero attached hydrogens (tertiary/aromatic N) is 1. The Morgan fingerprint density at radius 1 is 1.26 bits per heavy atom. The van der Waals surface area contributed by atoms with Gasteiger partial charge in [-0.3, -0.25) is 10.1 Å². The van der Waals surface area contributed by atoms with E-state index in [1.807, 2.05) is 55.5 Å². The summed E-state index contributed by atoms with van der Waals surface area (Å²) < 4.78 is 5.73. The van der Waals surface area contributed by atoms with E-state index in [4.69, 9.17) is 10.5 Å². The van der Waals surface area contributed by atoms with Crippen LogP contribution in [0.1, 0.15) is 42.6 Å². The first-order valence-electron chi connectivity index (χ1n) is 9.29. The summed E-state index contributed by atoms with van der Waals surface area (Å²) in [7, 11) is 0. The van der Waals surface area contributed by atoms with Crippen molar-refractivity contribution in [1.82, 2.24) is 10.6 Å². The summed E-state index contributed by atoms with van der Waals surface area (Å²) in [4.78, 5) is 16.8. The third kappa shape index (κ3) is 4.86. The van der Waals surface area contributed by atoms with Gasteiger partial charge in [0.2, 0.25) is 0 Å². The topological polar surface area (TPSA) is 88.7 Å². The highest BCUT2D eigenvalue weighted by Crippen LogP contribution is 2.32. The Hall–Kier alpha value is -2.86. The summed E-state index contributed by atoms with van der Waals surface area (Å²) in [6.07, 6.45) is 1.49. The SMILES string of the molecule is CCCC(NCc1ccc2c(c1)N=C(N)C(C)O2)NC(=O)c1ccccc1. The van der Waals surface area contributed by atoms with Gasteiger partial charge in [0.15, 0.2) is 6.10 Å². The molecule has 6 nitrogen and oxygen atoms in total. The maximum Gasteiger partial charge on any atom is 0.252 e. The van der Waals surface area contributed by atoms with Crippen LogP contribution < -0.4 is 21.1 Å². The third-order valence-electron chi connectivity index (χ3n) is 4.46. The van der Waals surface area contributed by atoms with Crippen LogP contribution in [-0.2, 0) is 6.54 Å². The first kappa shape index (κ1) is 18.9. The molecular formula is C21H26N4O2. The zero-order valence-corrected chi connectivity index (χ0v) is 15.7. The molecule has 0 saturated heterocycles. The van der Waals surface area contributed by atoms with Crippen molar-refractivity contribution in [3.63, 3.8) is 0 Å². The fourth-order valence-electron chi connectivity index (χ4n) is 2.93. The lowest BCUT2D eigenvalue weighted by Crippen LogP contribution is -2.45. The number of amides is 1. The molecule has 6 heteroatoms. The summed E-state index contributed by atoms with van der Waals surface area (Å²) in [5.41, 5.74) is 8.33. The predicted molar refractivity (Wildman–Crippen MR) is 107 cm³/mol. The highest BCUT2D eigenvalue weighted by Gasteiger charge is 2.18. The summed E-state index contributed by atoms with van der Waals surface area (Å²) in [5, 5.41) is 6.47. The van der Waals surface area contributed by atoms with Gasteiger partial charge in [-0.15, -0.1) is 0 Å². The second kappa shape index (κ2) is 8.68. The molecule has 1 aliphatic rings. The van der Waals surface area contributed by atoms with Crippen LogP contribution in [0.25, 0.3) is 0 Å². The number of hydrogen-bond donors (Lipinski definition) is 3. The Bertz CT molecular complexity index is 820. The maximum atomic E-state index is 12.4. The Morgan fingerprint density at radius 3 is 2.78 bits per heavy atom. The van der Waals surface area contributed by atoms with E-state index >= 15 is 0 Å². The van der Waals surface area contributed by atoms with Crippen LogP contribution in [0.4, 0.5) is 5.69 Å². The van der Waals surface area contributed by atoms with Gasteiger partial charge in [0.05, 0.1) is 6.17 Å². The van der Waals surface area contributed by atoms with Gasteiger partial charge in [0.1, 0.15) is 17.3 Å². The van der Waals surface area contributed by atoms with Crippen molar-refractivity contribution < 1.29 is 9.53 Å². The van der Waals surface area contributed by atoms with Gasteiger partial charge in [-0.25, -0.2) is 4.99 Å². The molecule has 4 N–H and O–H groups in total. The number of ether oxygens (including phenoxy) is 1. The predicted octanol–water partition coefficient (Wildman–Crippen LogP) is 3.10. The monoisotopic (exact) mass is 366 g/mol. The van der Waals surface area contributed by atoms with Crippen molar-refractivity contribution in [2.24, 2.45) is 10.7 Å². The molecule has 2 aromatic rings. The molecule has 0 fully saturated rings. The molecule has 0 aliphatic carbocycles. The molecule has 1 heterocycles. The van der Waals surface area contributed by atoms with Gasteiger partial charge >= 0.3 is 0 Å². The molecule has 1 amide bonds. The summed E-state index contributed by atoms with van der Waals surface area (Å²) in [6, 6.07) is 15.1. The number of nitrogens with two attached hydrogens (primary N) is 1. The van der Waals surface area contributed by atoms with Crippen LogP contribution >= 0.6 is 0 Å². The maximum absolute atomic E-state index is 12.4. The number of aliphatic imine (C=N–C) groups is 1. The van der Waals surface area contributed by atoms with Crippen molar-refractivity contribution in [3.8, 4) is 5.75 Å². The number of nitrogens with one attached hydrogen (secondary N) is 2. The molecular weight excluding hydrogens is 340 g/mol. The van der Waals surface area contributed by atoms with Crippen LogP contribution in [0.3, 0.4) is 0 Å². The highest BCUT2D eigenvalue weighted by molar-refractivity contribution is 5.94. The number of benzene rings is 2. The summed E-state index contributed by atoms with van der Waals surface area (Å²) >= 11 is 0. The largest absolute Gasteiger partial charge is 0.481 e. The van der Waals surface area contributed by atoms with E-state index < -0.39 is 0 Å². The van der Waals surface area contributed by atoms with Crippen molar-refractivity contribution in [2.75, 3.05) is 0 Å². The zero-order valence-electron chi connectivity index (χ0n) is 15.7. The third-order valence-corrected chi connectivity index (χ3v) is 4.46. The molecule has 0 aromatic heterocycles. The average Bonchev–Trinajstić information content (AvgIpc) is 2.68. The zero-order chi connectivity index (χ0) is 19.2. The van der Waals surface area contributed by atoms with E-state index in [2.05, 4.69) is 22.5 Å². The Labute approximate surface area is 159 Å². The van der Waals surface area contributed by atoms with E-state index in [1.54, 1.807) is 0 Å². The molecule has 142 valence electrons. The molecule has 1 aliphatic heterocycles. The average molecular weight is 366 g/mol. The Kier molecular flexibility index (Phi) is 6.08. The van der Waals surface area contributed by atoms with Crippen LogP contribution in [0, 0.1) is 0 Å². The van der Waals surface area contributed by atoms with E-state index in [-0.39, 0.29) is 18.2 Å². The Morgan fingerprint density at radius 2 is 2.04 bits per heavy atom. The van der Waals surface area contributed by atoms with Crippen molar-refractivity contribution in [1.29, 1.82) is 0 Å². The fraction of sp³-hybridized carbons (Fsp3) is 0.333. The molecule has 0 spiro atoms. The molecule has 0 radical (unpaired) electrons. The molecule has 2 unspecified atom stereocenters. The fourth-order valence-corrected chi connectivity index (χ4v) is 2.93. The van der Waals surface area contributed by atoms with Crippen molar-refractivity contribution in [3.05, 3.63) is 59.7 Å². The Balaban J connectivity index is 1.63. The minimum absolute atomic E-state index is 0.0771.